The Morgan fingerprint density at radius 2 is 1.14 bits per heavy atom. The van der Waals surface area contributed by atoms with Crippen LogP contribution in [0, 0.1) is 13.8 Å². The normalized spacial score (nSPS) is 25.1. The molecule has 7 aromatic rings. The second kappa shape index (κ2) is 14.5. The lowest BCUT2D eigenvalue weighted by Gasteiger charge is -2.54. The zero-order chi connectivity index (χ0) is 48.7. The van der Waals surface area contributed by atoms with Gasteiger partial charge in [0.25, 0.3) is 6.71 Å². The molecule has 0 N–H and O–H groups in total. The third kappa shape index (κ3) is 5.71. The summed E-state index contributed by atoms with van der Waals surface area (Å²) in [6.45, 7) is 29.5. The summed E-state index contributed by atoms with van der Waals surface area (Å²) in [5.74, 6) is 0. The van der Waals surface area contributed by atoms with E-state index in [2.05, 4.69) is 219 Å². The van der Waals surface area contributed by atoms with Gasteiger partial charge in [-0.25, -0.2) is 0 Å². The molecule has 0 spiro atoms. The molecule has 0 bridgehead atoms. The molecule has 2 saturated carbocycles. The first-order chi connectivity index (χ1) is 33.3. The van der Waals surface area contributed by atoms with Gasteiger partial charge < -0.3 is 14.7 Å². The van der Waals surface area contributed by atoms with Crippen LogP contribution in [0.3, 0.4) is 0 Å². The van der Waals surface area contributed by atoms with Crippen molar-refractivity contribution in [2.45, 2.75) is 167 Å². The number of hydrogen-bond acceptors (Lipinski definition) is 3. The third-order valence-corrected chi connectivity index (χ3v) is 19.8. The van der Waals surface area contributed by atoms with Crippen molar-refractivity contribution < 1.29 is 0 Å². The van der Waals surface area contributed by atoms with Crippen LogP contribution in [-0.4, -0.2) is 17.8 Å². The number of fused-ring (bicyclic) bond motifs is 11. The van der Waals surface area contributed by atoms with Gasteiger partial charge in [-0.3, -0.25) is 0 Å². The molecular formula is C66H72BN3. The predicted molar refractivity (Wildman–Crippen MR) is 301 cm³/mol. The largest absolute Gasteiger partial charge is 0.335 e. The van der Waals surface area contributed by atoms with Crippen molar-refractivity contribution in [2.75, 3.05) is 14.7 Å². The molecule has 2 aliphatic carbocycles. The Balaban J connectivity index is 1.18. The van der Waals surface area contributed by atoms with E-state index in [9.17, 15) is 0 Å². The number of nitrogens with zero attached hydrogens (tertiary/aromatic N) is 3. The molecule has 70 heavy (non-hydrogen) atoms. The fourth-order valence-electron chi connectivity index (χ4n) is 15.7. The summed E-state index contributed by atoms with van der Waals surface area (Å²) >= 11 is 0. The van der Waals surface area contributed by atoms with Crippen LogP contribution < -0.4 is 31.1 Å². The van der Waals surface area contributed by atoms with E-state index in [4.69, 9.17) is 0 Å². The summed E-state index contributed by atoms with van der Waals surface area (Å²) in [5.41, 5.74) is 24.9. The Hall–Kier alpha value is -5.74. The van der Waals surface area contributed by atoms with E-state index >= 15 is 0 Å². The molecule has 2 fully saturated rings. The summed E-state index contributed by atoms with van der Waals surface area (Å²) in [6.07, 6.45) is 9.82. The van der Waals surface area contributed by atoms with E-state index in [0.29, 0.717) is 0 Å². The Labute approximate surface area is 419 Å². The van der Waals surface area contributed by atoms with Crippen LogP contribution in [0.4, 0.5) is 39.8 Å². The Kier molecular flexibility index (Phi) is 9.13. The van der Waals surface area contributed by atoms with Crippen molar-refractivity contribution in [1.29, 1.82) is 0 Å². The second-order valence-corrected chi connectivity index (χ2v) is 25.7. The molecule has 354 valence electrons. The molecule has 4 heteroatoms. The van der Waals surface area contributed by atoms with Crippen LogP contribution in [-0.2, 0) is 21.7 Å². The standard InChI is InChI=1S/C66H72BN3/c1-41-34-42(2)58-55(35-41)69(66(12)33-18-16-31-64(58,66)10)48-39-56-59-57(40-48)70-60-50(63(9)30-15-17-32-65(63,70)11)22-19-23-51(60)67(59)52-38-47(62(6,7)8)27-29-54(52)68(56)53-28-26-46(61(3,4)5)37-49(53)45-25-24-43-20-13-14-21-44(43)36-45/h13-14,19-29,34-40H,15-18,30-33H2,1-12H3. The zero-order valence-corrected chi connectivity index (χ0v) is 44.1. The highest BCUT2D eigenvalue weighted by atomic mass is 15.3. The van der Waals surface area contributed by atoms with Crippen molar-refractivity contribution >= 4 is 73.7 Å². The van der Waals surface area contributed by atoms with Gasteiger partial charge >= 0.3 is 0 Å². The average molecular weight is 918 g/mol. The van der Waals surface area contributed by atoms with Crippen molar-refractivity contribution in [3.05, 3.63) is 155 Å². The monoisotopic (exact) mass is 918 g/mol. The summed E-state index contributed by atoms with van der Waals surface area (Å²) in [5, 5.41) is 2.54. The van der Waals surface area contributed by atoms with Gasteiger partial charge in [0, 0.05) is 50.5 Å². The lowest BCUT2D eigenvalue weighted by atomic mass is 9.33. The summed E-state index contributed by atoms with van der Waals surface area (Å²) < 4.78 is 0. The van der Waals surface area contributed by atoms with Crippen molar-refractivity contribution in [3.63, 3.8) is 0 Å². The molecule has 0 amide bonds. The topological polar surface area (TPSA) is 9.72 Å². The van der Waals surface area contributed by atoms with Crippen LogP contribution >= 0.6 is 0 Å². The summed E-state index contributed by atoms with van der Waals surface area (Å²) in [4.78, 5) is 8.57. The highest BCUT2D eigenvalue weighted by molar-refractivity contribution is 7.00. The van der Waals surface area contributed by atoms with E-state index in [-0.39, 0.29) is 39.5 Å². The Morgan fingerprint density at radius 1 is 0.500 bits per heavy atom. The maximum atomic E-state index is 2.94. The molecule has 13 rings (SSSR count). The fourth-order valence-corrected chi connectivity index (χ4v) is 15.7. The molecule has 0 radical (unpaired) electrons. The first kappa shape index (κ1) is 44.2. The first-order valence-corrected chi connectivity index (χ1v) is 26.9. The third-order valence-electron chi connectivity index (χ3n) is 19.8. The molecular weight excluding hydrogens is 846 g/mol. The lowest BCUT2D eigenvalue weighted by Crippen LogP contribution is -2.64. The van der Waals surface area contributed by atoms with Gasteiger partial charge in [0.15, 0.2) is 0 Å². The van der Waals surface area contributed by atoms with E-state index in [1.54, 1.807) is 11.1 Å². The molecule has 6 aliphatic rings. The van der Waals surface area contributed by atoms with Gasteiger partial charge in [-0.2, -0.15) is 0 Å². The molecule has 4 atom stereocenters. The molecule has 4 aliphatic heterocycles. The molecule has 3 nitrogen and oxygen atoms in total. The number of anilines is 7. The summed E-state index contributed by atoms with van der Waals surface area (Å²) in [6, 6.07) is 48.8. The minimum absolute atomic E-state index is 0.0197. The van der Waals surface area contributed by atoms with E-state index in [1.165, 1.54) is 152 Å². The maximum absolute atomic E-state index is 2.94. The van der Waals surface area contributed by atoms with Crippen LogP contribution in [0.2, 0.25) is 0 Å². The van der Waals surface area contributed by atoms with Gasteiger partial charge in [0.05, 0.1) is 16.8 Å². The Bertz CT molecular complexity index is 3390. The van der Waals surface area contributed by atoms with Crippen molar-refractivity contribution in [2.24, 2.45) is 0 Å². The molecule has 4 unspecified atom stereocenters. The smallest absolute Gasteiger partial charge is 0.252 e. The van der Waals surface area contributed by atoms with Crippen molar-refractivity contribution in [1.82, 2.24) is 0 Å². The zero-order valence-electron chi connectivity index (χ0n) is 44.1. The molecule has 7 aromatic carbocycles. The van der Waals surface area contributed by atoms with Crippen molar-refractivity contribution in [3.8, 4) is 11.1 Å². The molecule has 4 heterocycles. The van der Waals surface area contributed by atoms with Crippen LogP contribution in [0.1, 0.15) is 154 Å². The van der Waals surface area contributed by atoms with E-state index in [0.717, 1.165) is 0 Å². The van der Waals surface area contributed by atoms with E-state index < -0.39 is 0 Å². The Morgan fingerprint density at radius 3 is 1.87 bits per heavy atom. The predicted octanol–water partition coefficient (Wildman–Crippen LogP) is 15.8. The fraction of sp³-hybridized carbons (Fsp3) is 0.394. The molecule has 0 saturated heterocycles. The second-order valence-electron chi connectivity index (χ2n) is 25.7. The number of rotatable bonds is 3. The van der Waals surface area contributed by atoms with Gasteiger partial charge in [-0.1, -0.05) is 160 Å². The first-order valence-electron chi connectivity index (χ1n) is 26.9. The number of para-hydroxylation sites is 1. The number of benzene rings is 7. The molecule has 0 aromatic heterocycles. The minimum atomic E-state index is -0.0951. The number of hydrogen-bond donors (Lipinski definition) is 0. The van der Waals surface area contributed by atoms with Gasteiger partial charge in [-0.05, 0) is 173 Å². The summed E-state index contributed by atoms with van der Waals surface area (Å²) in [7, 11) is 0. The van der Waals surface area contributed by atoms with Gasteiger partial charge in [-0.15, -0.1) is 0 Å². The lowest BCUT2D eigenvalue weighted by molar-refractivity contribution is 0.193. The van der Waals surface area contributed by atoms with Gasteiger partial charge in [0.2, 0.25) is 0 Å². The quantitative estimate of drug-likeness (QED) is 0.164. The van der Waals surface area contributed by atoms with Crippen LogP contribution in [0.5, 0.6) is 0 Å². The maximum Gasteiger partial charge on any atom is 0.252 e. The highest BCUT2D eigenvalue weighted by Crippen LogP contribution is 2.65. The SMILES string of the molecule is Cc1cc(C)c2c(c1)N(c1cc3c4c(c1)N1c5c(cccc5C5(C)CCCCC15C)B4c1cc(C(C)(C)C)ccc1N3c1ccc(C(C)(C)C)cc1-c1ccc3ccccc3c1)C1(C)CCCCC21C. The van der Waals surface area contributed by atoms with Crippen LogP contribution in [0.25, 0.3) is 21.9 Å². The van der Waals surface area contributed by atoms with Crippen LogP contribution in [0.15, 0.2) is 121 Å². The average Bonchev–Trinajstić information content (AvgIpc) is 3.67. The van der Waals surface area contributed by atoms with E-state index in [1.807, 2.05) is 0 Å². The minimum Gasteiger partial charge on any atom is -0.335 e. The highest BCUT2D eigenvalue weighted by Gasteiger charge is 2.63. The van der Waals surface area contributed by atoms with Gasteiger partial charge in [0.1, 0.15) is 0 Å². The number of aryl methyl sites for hydroxylation is 2.